The van der Waals surface area contributed by atoms with Gasteiger partial charge < -0.3 is 0 Å². The first kappa shape index (κ1) is 15.5. The zero-order valence-corrected chi connectivity index (χ0v) is 15.7. The first-order chi connectivity index (χ1) is 12.3. The number of fused-ring (bicyclic) bond motifs is 5. The van der Waals surface area contributed by atoms with Gasteiger partial charge in [0.1, 0.15) is 0 Å². The van der Waals surface area contributed by atoms with Gasteiger partial charge in [-0.3, -0.25) is 4.79 Å². The highest BCUT2D eigenvalue weighted by molar-refractivity contribution is 7.36. The molecule has 3 heteroatoms. The predicted octanol–water partition coefficient (Wildman–Crippen LogP) is 7.42. The smallest absolute Gasteiger partial charge is 0.163 e. The summed E-state index contributed by atoms with van der Waals surface area (Å²) in [6.45, 7) is 0. The molecule has 25 heavy (non-hydrogen) atoms. The van der Waals surface area contributed by atoms with Gasteiger partial charge in [0.25, 0.3) is 0 Å². The fourth-order valence-electron chi connectivity index (χ4n) is 4.15. The van der Waals surface area contributed by atoms with Crippen LogP contribution in [0, 0.1) is 5.92 Å². The van der Waals surface area contributed by atoms with E-state index < -0.39 is 0 Å². The Morgan fingerprint density at radius 3 is 2.44 bits per heavy atom. The molecule has 5 rings (SSSR count). The Kier molecular flexibility index (Phi) is 3.87. The maximum absolute atomic E-state index is 12.7. The van der Waals surface area contributed by atoms with E-state index in [0.717, 1.165) is 12.0 Å². The molecule has 0 radical (unpaired) electrons. The molecule has 1 aliphatic rings. The summed E-state index contributed by atoms with van der Waals surface area (Å²) in [6.07, 6.45) is 7.13. The molecule has 0 spiro atoms. The molecule has 0 atom stereocenters. The number of carbonyl (C=O) groups is 1. The number of thiophene rings is 2. The highest BCUT2D eigenvalue weighted by Crippen LogP contribution is 2.44. The predicted molar refractivity (Wildman–Crippen MR) is 110 cm³/mol. The Morgan fingerprint density at radius 2 is 1.60 bits per heavy atom. The maximum atomic E-state index is 12.7. The minimum Gasteiger partial charge on any atom is -0.294 e. The standard InChI is InChI=1S/C22H20OS2/c23-18(12-14-6-2-1-3-7-14)15-10-11-17-20(13-15)25-21-16-8-4-5-9-19(16)24-22(17)21/h4-5,8-11,13-14H,1-3,6-7,12H2. The van der Waals surface area contributed by atoms with Crippen LogP contribution >= 0.6 is 22.7 Å². The molecule has 1 aliphatic carbocycles. The lowest BCUT2D eigenvalue weighted by atomic mass is 9.85. The van der Waals surface area contributed by atoms with Crippen LogP contribution in [0.3, 0.4) is 0 Å². The van der Waals surface area contributed by atoms with E-state index in [1.54, 1.807) is 0 Å². The van der Waals surface area contributed by atoms with Crippen molar-refractivity contribution in [3.8, 4) is 0 Å². The summed E-state index contributed by atoms with van der Waals surface area (Å²) in [5.41, 5.74) is 0.899. The van der Waals surface area contributed by atoms with Crippen LogP contribution in [0.2, 0.25) is 0 Å². The van der Waals surface area contributed by atoms with Crippen LogP contribution in [-0.4, -0.2) is 5.78 Å². The number of Topliss-reactive ketones (excluding diaryl/α,β-unsaturated/α-hetero) is 1. The lowest BCUT2D eigenvalue weighted by molar-refractivity contribution is 0.0950. The summed E-state index contributed by atoms with van der Waals surface area (Å²) in [4.78, 5) is 12.7. The Morgan fingerprint density at radius 1 is 0.880 bits per heavy atom. The molecule has 2 aromatic carbocycles. The zero-order chi connectivity index (χ0) is 16.8. The molecule has 1 nitrogen and oxygen atoms in total. The van der Waals surface area contributed by atoms with E-state index >= 15 is 0 Å². The van der Waals surface area contributed by atoms with E-state index in [4.69, 9.17) is 0 Å². The summed E-state index contributed by atoms with van der Waals surface area (Å²) in [6, 6.07) is 15.0. The molecule has 126 valence electrons. The number of hydrogen-bond acceptors (Lipinski definition) is 3. The van der Waals surface area contributed by atoms with Crippen molar-refractivity contribution in [2.75, 3.05) is 0 Å². The van der Waals surface area contributed by atoms with Crippen molar-refractivity contribution in [1.29, 1.82) is 0 Å². The van der Waals surface area contributed by atoms with Crippen LogP contribution in [0.4, 0.5) is 0 Å². The SMILES string of the molecule is O=C(CC1CCCCC1)c1ccc2c(c1)sc1c3ccccc3sc21. The topological polar surface area (TPSA) is 17.1 Å². The van der Waals surface area contributed by atoms with Crippen molar-refractivity contribution in [1.82, 2.24) is 0 Å². The third kappa shape index (κ3) is 2.70. The molecule has 0 N–H and O–H groups in total. The van der Waals surface area contributed by atoms with Gasteiger partial charge in [-0.25, -0.2) is 0 Å². The fraction of sp³-hybridized carbons (Fsp3) is 0.318. The molecule has 0 unspecified atom stereocenters. The lowest BCUT2D eigenvalue weighted by Gasteiger charge is -2.20. The molecule has 0 amide bonds. The van der Waals surface area contributed by atoms with Crippen molar-refractivity contribution in [3.63, 3.8) is 0 Å². The minimum absolute atomic E-state index is 0.329. The fourth-order valence-corrected chi connectivity index (χ4v) is 6.84. The van der Waals surface area contributed by atoms with Gasteiger partial charge in [-0.2, -0.15) is 0 Å². The average molecular weight is 365 g/mol. The molecule has 2 heterocycles. The van der Waals surface area contributed by atoms with Crippen LogP contribution in [0.15, 0.2) is 42.5 Å². The van der Waals surface area contributed by atoms with Crippen molar-refractivity contribution < 1.29 is 4.79 Å². The quantitative estimate of drug-likeness (QED) is 0.346. The number of carbonyl (C=O) groups excluding carboxylic acids is 1. The van der Waals surface area contributed by atoms with Gasteiger partial charge in [-0.05, 0) is 18.1 Å². The number of rotatable bonds is 3. The monoisotopic (exact) mass is 364 g/mol. The van der Waals surface area contributed by atoms with E-state index in [1.807, 2.05) is 28.7 Å². The van der Waals surface area contributed by atoms with Gasteiger partial charge in [-0.1, -0.05) is 62.4 Å². The van der Waals surface area contributed by atoms with Gasteiger partial charge in [0, 0.05) is 32.2 Å². The third-order valence-electron chi connectivity index (χ3n) is 5.51. The van der Waals surface area contributed by atoms with Crippen molar-refractivity contribution in [2.45, 2.75) is 38.5 Å². The van der Waals surface area contributed by atoms with Crippen LogP contribution in [-0.2, 0) is 0 Å². The second kappa shape index (κ2) is 6.22. The highest BCUT2D eigenvalue weighted by Gasteiger charge is 2.19. The zero-order valence-electron chi connectivity index (χ0n) is 14.1. The van der Waals surface area contributed by atoms with E-state index in [1.165, 1.54) is 61.7 Å². The number of hydrogen-bond donors (Lipinski definition) is 0. The molecule has 0 bridgehead atoms. The summed E-state index contributed by atoms with van der Waals surface area (Å²) < 4.78 is 5.34. The van der Waals surface area contributed by atoms with E-state index in [2.05, 4.69) is 36.4 Å². The Labute approximate surface area is 155 Å². The second-order valence-electron chi connectivity index (χ2n) is 7.20. The van der Waals surface area contributed by atoms with Crippen LogP contribution in [0.25, 0.3) is 29.6 Å². The molecular formula is C22H20OS2. The van der Waals surface area contributed by atoms with Crippen LogP contribution in [0.5, 0.6) is 0 Å². The Balaban J connectivity index is 1.52. The van der Waals surface area contributed by atoms with Crippen LogP contribution in [0.1, 0.15) is 48.9 Å². The van der Waals surface area contributed by atoms with Gasteiger partial charge in [0.05, 0.1) is 9.40 Å². The van der Waals surface area contributed by atoms with E-state index in [0.29, 0.717) is 11.7 Å². The summed E-state index contributed by atoms with van der Waals surface area (Å²) in [5, 5.41) is 2.65. The lowest BCUT2D eigenvalue weighted by Crippen LogP contribution is -2.12. The van der Waals surface area contributed by atoms with Crippen LogP contribution < -0.4 is 0 Å². The third-order valence-corrected chi connectivity index (χ3v) is 8.03. The molecule has 0 aliphatic heterocycles. The molecule has 1 fully saturated rings. The largest absolute Gasteiger partial charge is 0.294 e. The second-order valence-corrected chi connectivity index (χ2v) is 9.31. The first-order valence-corrected chi connectivity index (χ1v) is 10.8. The molecule has 4 aromatic rings. The molecule has 2 aromatic heterocycles. The molecule has 1 saturated carbocycles. The van der Waals surface area contributed by atoms with Crippen molar-refractivity contribution in [2.24, 2.45) is 5.92 Å². The van der Waals surface area contributed by atoms with Gasteiger partial charge in [0.2, 0.25) is 0 Å². The van der Waals surface area contributed by atoms with E-state index in [-0.39, 0.29) is 0 Å². The number of ketones is 1. The normalized spacial score (nSPS) is 16.2. The summed E-state index contributed by atoms with van der Waals surface area (Å²) >= 11 is 3.70. The van der Waals surface area contributed by atoms with Crippen molar-refractivity contribution in [3.05, 3.63) is 48.0 Å². The average Bonchev–Trinajstić information content (AvgIpc) is 3.18. The first-order valence-electron chi connectivity index (χ1n) is 9.16. The van der Waals surface area contributed by atoms with E-state index in [9.17, 15) is 4.79 Å². The van der Waals surface area contributed by atoms with Gasteiger partial charge in [0.15, 0.2) is 5.78 Å². The molecular weight excluding hydrogens is 344 g/mol. The van der Waals surface area contributed by atoms with Gasteiger partial charge >= 0.3 is 0 Å². The van der Waals surface area contributed by atoms with Crippen molar-refractivity contribution >= 4 is 58.0 Å². The molecule has 0 saturated heterocycles. The highest BCUT2D eigenvalue weighted by atomic mass is 32.1. The summed E-state index contributed by atoms with van der Waals surface area (Å²) in [7, 11) is 0. The van der Waals surface area contributed by atoms with Gasteiger partial charge in [-0.15, -0.1) is 22.7 Å². The minimum atomic E-state index is 0.329. The maximum Gasteiger partial charge on any atom is 0.163 e. The Hall–Kier alpha value is -1.71. The number of benzene rings is 2. The Bertz CT molecular complexity index is 1080. The summed E-state index contributed by atoms with van der Waals surface area (Å²) in [5.74, 6) is 0.933.